The highest BCUT2D eigenvalue weighted by molar-refractivity contribution is 5.36. The lowest BCUT2D eigenvalue weighted by molar-refractivity contribution is 0.334. The lowest BCUT2D eigenvalue weighted by Crippen LogP contribution is -2.31. The Kier molecular flexibility index (Phi) is 5.29. The third-order valence-corrected chi connectivity index (χ3v) is 2.51. The van der Waals surface area contributed by atoms with Crippen LogP contribution in [0.1, 0.15) is 18.5 Å². The Morgan fingerprint density at radius 1 is 1.31 bits per heavy atom. The first kappa shape index (κ1) is 13.0. The number of likely N-dealkylation sites (N-methyl/N-ethyl adjacent to an activating group) is 2. The van der Waals surface area contributed by atoms with Gasteiger partial charge in [0.25, 0.3) is 0 Å². The van der Waals surface area contributed by atoms with Gasteiger partial charge in [0.1, 0.15) is 5.75 Å². The zero-order valence-corrected chi connectivity index (χ0v) is 10.7. The number of hydrogen-bond donors (Lipinski definition) is 1. The lowest BCUT2D eigenvalue weighted by Gasteiger charge is -2.23. The highest BCUT2D eigenvalue weighted by Crippen LogP contribution is 2.24. The lowest BCUT2D eigenvalue weighted by atomic mass is 10.1. The molecule has 0 aliphatic carbocycles. The van der Waals surface area contributed by atoms with E-state index in [9.17, 15) is 0 Å². The zero-order chi connectivity index (χ0) is 12.0. The normalized spacial score (nSPS) is 12.8. The Bertz CT molecular complexity index is 313. The summed E-state index contributed by atoms with van der Waals surface area (Å²) in [7, 11) is 5.89. The van der Waals surface area contributed by atoms with Gasteiger partial charge in [-0.2, -0.15) is 0 Å². The van der Waals surface area contributed by atoms with Crippen LogP contribution in [0.15, 0.2) is 24.3 Å². The van der Waals surface area contributed by atoms with Crippen LogP contribution in [0.3, 0.4) is 0 Å². The molecule has 0 heterocycles. The van der Waals surface area contributed by atoms with Crippen molar-refractivity contribution in [1.82, 2.24) is 10.2 Å². The third kappa shape index (κ3) is 3.51. The number of benzene rings is 1. The molecule has 0 saturated carbocycles. The number of rotatable bonds is 6. The van der Waals surface area contributed by atoms with Crippen molar-refractivity contribution in [1.29, 1.82) is 0 Å². The Morgan fingerprint density at radius 2 is 2.00 bits per heavy atom. The molecule has 1 atom stereocenters. The molecular formula is C13H22N2O. The van der Waals surface area contributed by atoms with Gasteiger partial charge in [0.15, 0.2) is 0 Å². The van der Waals surface area contributed by atoms with Gasteiger partial charge in [0, 0.05) is 18.2 Å². The number of hydrogen-bond acceptors (Lipinski definition) is 3. The molecule has 16 heavy (non-hydrogen) atoms. The van der Waals surface area contributed by atoms with Gasteiger partial charge in [-0.05, 0) is 26.7 Å². The minimum Gasteiger partial charge on any atom is -0.496 e. The summed E-state index contributed by atoms with van der Waals surface area (Å²) in [6.07, 6.45) is 0. The molecule has 1 unspecified atom stereocenters. The molecule has 0 radical (unpaired) electrons. The van der Waals surface area contributed by atoms with Gasteiger partial charge in [-0.15, -0.1) is 0 Å². The fourth-order valence-corrected chi connectivity index (χ4v) is 1.84. The SMILES string of the molecule is CCNC(CN(C)C)c1ccccc1OC. The fraction of sp³-hybridized carbons (Fsp3) is 0.538. The Balaban J connectivity index is 2.90. The van der Waals surface area contributed by atoms with Crippen molar-refractivity contribution in [2.75, 3.05) is 34.3 Å². The van der Waals surface area contributed by atoms with Crippen LogP contribution in [0.25, 0.3) is 0 Å². The second-order valence-electron chi connectivity index (χ2n) is 4.11. The molecule has 0 aliphatic rings. The van der Waals surface area contributed by atoms with Crippen LogP contribution in [-0.2, 0) is 0 Å². The van der Waals surface area contributed by atoms with Gasteiger partial charge in [-0.25, -0.2) is 0 Å². The summed E-state index contributed by atoms with van der Waals surface area (Å²) in [5, 5.41) is 3.48. The second-order valence-corrected chi connectivity index (χ2v) is 4.11. The van der Waals surface area contributed by atoms with Crippen LogP contribution in [0.4, 0.5) is 0 Å². The summed E-state index contributed by atoms with van der Waals surface area (Å²) in [5.74, 6) is 0.954. The fourth-order valence-electron chi connectivity index (χ4n) is 1.84. The molecule has 3 heteroatoms. The number of para-hydroxylation sites is 1. The second kappa shape index (κ2) is 6.51. The molecule has 1 N–H and O–H groups in total. The summed E-state index contributed by atoms with van der Waals surface area (Å²) in [6.45, 7) is 4.04. The molecule has 90 valence electrons. The monoisotopic (exact) mass is 222 g/mol. The topological polar surface area (TPSA) is 24.5 Å². The predicted molar refractivity (Wildman–Crippen MR) is 68.0 cm³/mol. The van der Waals surface area contributed by atoms with E-state index < -0.39 is 0 Å². The maximum absolute atomic E-state index is 5.40. The number of ether oxygens (including phenoxy) is 1. The standard InChI is InChI=1S/C13H22N2O/c1-5-14-12(10-15(2)3)11-8-6-7-9-13(11)16-4/h6-9,12,14H,5,10H2,1-4H3. The van der Waals surface area contributed by atoms with E-state index in [1.54, 1.807) is 7.11 Å². The van der Waals surface area contributed by atoms with Crippen molar-refractivity contribution in [2.24, 2.45) is 0 Å². The van der Waals surface area contributed by atoms with Gasteiger partial charge in [0.05, 0.1) is 7.11 Å². The van der Waals surface area contributed by atoms with E-state index in [1.807, 2.05) is 12.1 Å². The average Bonchev–Trinajstić information content (AvgIpc) is 2.28. The molecule has 3 nitrogen and oxygen atoms in total. The molecule has 0 amide bonds. The van der Waals surface area contributed by atoms with Crippen LogP contribution in [0, 0.1) is 0 Å². The molecule has 1 rings (SSSR count). The highest BCUT2D eigenvalue weighted by Gasteiger charge is 2.15. The third-order valence-electron chi connectivity index (χ3n) is 2.51. The van der Waals surface area contributed by atoms with Crippen LogP contribution in [0.5, 0.6) is 5.75 Å². The minimum atomic E-state index is 0.316. The van der Waals surface area contributed by atoms with Gasteiger partial charge in [0.2, 0.25) is 0 Å². The van der Waals surface area contributed by atoms with Crippen LogP contribution in [0.2, 0.25) is 0 Å². The Morgan fingerprint density at radius 3 is 2.56 bits per heavy atom. The maximum atomic E-state index is 5.40. The Hall–Kier alpha value is -1.06. The minimum absolute atomic E-state index is 0.316. The maximum Gasteiger partial charge on any atom is 0.123 e. The number of nitrogens with one attached hydrogen (secondary N) is 1. The van der Waals surface area contributed by atoms with Crippen LogP contribution < -0.4 is 10.1 Å². The van der Waals surface area contributed by atoms with E-state index >= 15 is 0 Å². The number of methoxy groups -OCH3 is 1. The van der Waals surface area contributed by atoms with Crippen molar-refractivity contribution in [2.45, 2.75) is 13.0 Å². The largest absolute Gasteiger partial charge is 0.496 e. The van der Waals surface area contributed by atoms with Crippen LogP contribution >= 0.6 is 0 Å². The highest BCUT2D eigenvalue weighted by atomic mass is 16.5. The van der Waals surface area contributed by atoms with Gasteiger partial charge >= 0.3 is 0 Å². The van der Waals surface area contributed by atoms with E-state index in [0.717, 1.165) is 18.8 Å². The molecule has 0 spiro atoms. The van der Waals surface area contributed by atoms with E-state index in [-0.39, 0.29) is 0 Å². The van der Waals surface area contributed by atoms with Crippen molar-refractivity contribution >= 4 is 0 Å². The summed E-state index contributed by atoms with van der Waals surface area (Å²) in [4.78, 5) is 2.18. The number of nitrogens with zero attached hydrogens (tertiary/aromatic N) is 1. The van der Waals surface area contributed by atoms with Gasteiger partial charge in [-0.1, -0.05) is 25.1 Å². The quantitative estimate of drug-likeness (QED) is 0.795. The van der Waals surface area contributed by atoms with Crippen molar-refractivity contribution in [3.8, 4) is 5.75 Å². The first-order valence-electron chi connectivity index (χ1n) is 5.70. The van der Waals surface area contributed by atoms with Gasteiger partial charge < -0.3 is 15.0 Å². The first-order chi connectivity index (χ1) is 7.69. The van der Waals surface area contributed by atoms with Crippen molar-refractivity contribution < 1.29 is 4.74 Å². The summed E-state index contributed by atoms with van der Waals surface area (Å²) in [6, 6.07) is 8.50. The molecule has 0 saturated heterocycles. The molecule has 0 aliphatic heterocycles. The summed E-state index contributed by atoms with van der Waals surface area (Å²) >= 11 is 0. The molecule has 0 aromatic heterocycles. The van der Waals surface area contributed by atoms with E-state index in [1.165, 1.54) is 5.56 Å². The summed E-state index contributed by atoms with van der Waals surface area (Å²) in [5.41, 5.74) is 1.22. The van der Waals surface area contributed by atoms with E-state index in [0.29, 0.717) is 6.04 Å². The zero-order valence-electron chi connectivity index (χ0n) is 10.7. The molecule has 0 fully saturated rings. The van der Waals surface area contributed by atoms with Gasteiger partial charge in [-0.3, -0.25) is 0 Å². The smallest absolute Gasteiger partial charge is 0.123 e. The Labute approximate surface area is 98.4 Å². The predicted octanol–water partition coefficient (Wildman–Crippen LogP) is 1.91. The molecular weight excluding hydrogens is 200 g/mol. The van der Waals surface area contributed by atoms with Crippen molar-refractivity contribution in [3.05, 3.63) is 29.8 Å². The molecule has 0 bridgehead atoms. The first-order valence-corrected chi connectivity index (χ1v) is 5.70. The summed E-state index contributed by atoms with van der Waals surface area (Å²) < 4.78 is 5.40. The average molecular weight is 222 g/mol. The van der Waals surface area contributed by atoms with Crippen molar-refractivity contribution in [3.63, 3.8) is 0 Å². The van der Waals surface area contributed by atoms with Crippen LogP contribution in [-0.4, -0.2) is 39.2 Å². The molecule has 1 aromatic carbocycles. The van der Waals surface area contributed by atoms with E-state index in [4.69, 9.17) is 4.74 Å². The molecule has 1 aromatic rings. The van der Waals surface area contributed by atoms with E-state index in [2.05, 4.69) is 43.4 Å².